The van der Waals surface area contributed by atoms with Crippen molar-refractivity contribution in [1.82, 2.24) is 4.98 Å². The van der Waals surface area contributed by atoms with E-state index in [1.807, 2.05) is 6.07 Å². The number of benzene rings is 1. The third-order valence-corrected chi connectivity index (χ3v) is 2.46. The summed E-state index contributed by atoms with van der Waals surface area (Å²) in [6, 6.07) is 4.92. The van der Waals surface area contributed by atoms with Crippen LogP contribution in [0.15, 0.2) is 18.3 Å². The number of aromatic nitrogens is 1. The van der Waals surface area contributed by atoms with E-state index in [0.29, 0.717) is 5.39 Å². The first kappa shape index (κ1) is 9.04. The lowest BCUT2D eigenvalue weighted by molar-refractivity contribution is 0.630. The molecule has 0 bridgehead atoms. The van der Waals surface area contributed by atoms with Crippen molar-refractivity contribution in [3.63, 3.8) is 0 Å². The number of nitrogens with zero attached hydrogens (tertiary/aromatic N) is 1. The van der Waals surface area contributed by atoms with Crippen LogP contribution < -0.4 is 0 Å². The standard InChI is InChI=1S/C10H6ClFN2/c11-10-7(12)1-2-8-9(10)6(3-4-13)5-14-8/h1-2,5,14H,3H2. The van der Waals surface area contributed by atoms with Crippen molar-refractivity contribution in [3.05, 3.63) is 34.7 Å². The maximum atomic E-state index is 13.1. The Balaban J connectivity index is 2.77. The smallest absolute Gasteiger partial charge is 0.142 e. The van der Waals surface area contributed by atoms with Crippen LogP contribution in [0.3, 0.4) is 0 Å². The third-order valence-electron chi connectivity index (χ3n) is 2.09. The van der Waals surface area contributed by atoms with Gasteiger partial charge in [-0.1, -0.05) is 11.6 Å². The Bertz CT molecular complexity index is 525. The molecule has 2 aromatic rings. The number of fused-ring (bicyclic) bond motifs is 1. The van der Waals surface area contributed by atoms with Crippen LogP contribution in [0.4, 0.5) is 4.39 Å². The molecule has 0 amide bonds. The maximum absolute atomic E-state index is 13.1. The summed E-state index contributed by atoms with van der Waals surface area (Å²) in [5.41, 5.74) is 1.48. The highest BCUT2D eigenvalue weighted by molar-refractivity contribution is 6.35. The molecule has 14 heavy (non-hydrogen) atoms. The summed E-state index contributed by atoms with van der Waals surface area (Å²) in [4.78, 5) is 2.94. The summed E-state index contributed by atoms with van der Waals surface area (Å²) in [5, 5.41) is 9.24. The highest BCUT2D eigenvalue weighted by atomic mass is 35.5. The van der Waals surface area contributed by atoms with Crippen LogP contribution in [0, 0.1) is 17.1 Å². The van der Waals surface area contributed by atoms with E-state index in [-0.39, 0.29) is 11.4 Å². The van der Waals surface area contributed by atoms with Crippen molar-refractivity contribution >= 4 is 22.5 Å². The van der Waals surface area contributed by atoms with E-state index < -0.39 is 5.82 Å². The number of H-pyrrole nitrogens is 1. The van der Waals surface area contributed by atoms with Gasteiger partial charge < -0.3 is 4.98 Å². The van der Waals surface area contributed by atoms with Gasteiger partial charge in [0, 0.05) is 17.1 Å². The van der Waals surface area contributed by atoms with Crippen LogP contribution in [-0.4, -0.2) is 4.98 Å². The minimum atomic E-state index is -0.460. The lowest BCUT2D eigenvalue weighted by Crippen LogP contribution is -1.82. The Morgan fingerprint density at radius 3 is 3.00 bits per heavy atom. The molecule has 70 valence electrons. The van der Waals surface area contributed by atoms with Gasteiger partial charge in [0.15, 0.2) is 0 Å². The molecule has 0 fully saturated rings. The molecule has 2 nitrogen and oxygen atoms in total. The Kier molecular flexibility index (Phi) is 2.14. The number of rotatable bonds is 1. The van der Waals surface area contributed by atoms with Gasteiger partial charge in [0.1, 0.15) is 5.82 Å². The van der Waals surface area contributed by atoms with Gasteiger partial charge in [-0.05, 0) is 17.7 Å². The first-order valence-corrected chi connectivity index (χ1v) is 4.42. The molecule has 1 aromatic heterocycles. The molecule has 0 saturated heterocycles. The molecule has 2 rings (SSSR count). The zero-order valence-electron chi connectivity index (χ0n) is 7.14. The fraction of sp³-hybridized carbons (Fsp3) is 0.100. The minimum absolute atomic E-state index is 0.0778. The maximum Gasteiger partial charge on any atom is 0.142 e. The molecular formula is C10H6ClFN2. The second kappa shape index (κ2) is 3.32. The molecule has 1 aromatic carbocycles. The zero-order chi connectivity index (χ0) is 10.1. The van der Waals surface area contributed by atoms with E-state index in [0.717, 1.165) is 11.1 Å². The topological polar surface area (TPSA) is 39.6 Å². The average molecular weight is 209 g/mol. The second-order valence-electron chi connectivity index (χ2n) is 2.93. The Morgan fingerprint density at radius 1 is 1.50 bits per heavy atom. The van der Waals surface area contributed by atoms with Gasteiger partial charge in [0.2, 0.25) is 0 Å². The van der Waals surface area contributed by atoms with Crippen LogP contribution in [-0.2, 0) is 6.42 Å². The molecule has 0 aliphatic rings. The number of nitrogens with one attached hydrogen (secondary N) is 1. The van der Waals surface area contributed by atoms with Crippen molar-refractivity contribution in [3.8, 4) is 6.07 Å². The van der Waals surface area contributed by atoms with Crippen LogP contribution in [0.1, 0.15) is 5.56 Å². The molecule has 0 spiro atoms. The summed E-state index contributed by atoms with van der Waals surface area (Å²) < 4.78 is 13.1. The molecule has 0 aliphatic carbocycles. The lowest BCUT2D eigenvalue weighted by atomic mass is 10.1. The Hall–Kier alpha value is -1.53. The molecule has 4 heteroatoms. The predicted octanol–water partition coefficient (Wildman–Crippen LogP) is 3.03. The molecular weight excluding hydrogens is 203 g/mol. The van der Waals surface area contributed by atoms with Crippen molar-refractivity contribution in [2.24, 2.45) is 0 Å². The van der Waals surface area contributed by atoms with Crippen molar-refractivity contribution in [2.75, 3.05) is 0 Å². The number of halogens is 2. The summed E-state index contributed by atoms with van der Waals surface area (Å²) in [6.45, 7) is 0. The monoisotopic (exact) mass is 208 g/mol. The number of aromatic amines is 1. The number of hydrogen-bond donors (Lipinski definition) is 1. The van der Waals surface area contributed by atoms with Crippen molar-refractivity contribution < 1.29 is 4.39 Å². The largest absolute Gasteiger partial charge is 0.361 e. The summed E-state index contributed by atoms with van der Waals surface area (Å²) in [5.74, 6) is -0.460. The first-order chi connectivity index (χ1) is 6.74. The van der Waals surface area contributed by atoms with E-state index in [4.69, 9.17) is 16.9 Å². The Labute approximate surface area is 84.9 Å². The second-order valence-corrected chi connectivity index (χ2v) is 3.31. The van der Waals surface area contributed by atoms with Gasteiger partial charge in [-0.3, -0.25) is 0 Å². The van der Waals surface area contributed by atoms with E-state index in [1.165, 1.54) is 6.07 Å². The van der Waals surface area contributed by atoms with Gasteiger partial charge in [-0.25, -0.2) is 4.39 Å². The fourth-order valence-corrected chi connectivity index (χ4v) is 1.73. The highest BCUT2D eigenvalue weighted by Crippen LogP contribution is 2.29. The fourth-order valence-electron chi connectivity index (χ4n) is 1.45. The first-order valence-electron chi connectivity index (χ1n) is 4.05. The number of hydrogen-bond acceptors (Lipinski definition) is 1. The number of nitriles is 1. The average Bonchev–Trinajstić information content (AvgIpc) is 2.57. The normalized spacial score (nSPS) is 10.4. The molecule has 0 saturated carbocycles. The lowest BCUT2D eigenvalue weighted by Gasteiger charge is -1.97. The van der Waals surface area contributed by atoms with E-state index in [1.54, 1.807) is 12.3 Å². The quantitative estimate of drug-likeness (QED) is 0.769. The van der Waals surface area contributed by atoms with E-state index in [2.05, 4.69) is 4.98 Å². The van der Waals surface area contributed by atoms with Gasteiger partial charge in [-0.2, -0.15) is 5.26 Å². The van der Waals surface area contributed by atoms with Gasteiger partial charge in [0.05, 0.1) is 17.5 Å². The van der Waals surface area contributed by atoms with Gasteiger partial charge >= 0.3 is 0 Å². The van der Waals surface area contributed by atoms with Crippen molar-refractivity contribution in [1.29, 1.82) is 5.26 Å². The molecule has 0 unspecified atom stereocenters. The van der Waals surface area contributed by atoms with Crippen LogP contribution in [0.5, 0.6) is 0 Å². The van der Waals surface area contributed by atoms with Gasteiger partial charge in [-0.15, -0.1) is 0 Å². The van der Waals surface area contributed by atoms with Crippen LogP contribution in [0.25, 0.3) is 10.9 Å². The minimum Gasteiger partial charge on any atom is -0.361 e. The summed E-state index contributed by atoms with van der Waals surface area (Å²) in [6.07, 6.45) is 1.91. The van der Waals surface area contributed by atoms with E-state index >= 15 is 0 Å². The highest BCUT2D eigenvalue weighted by Gasteiger charge is 2.10. The molecule has 0 aliphatic heterocycles. The SMILES string of the molecule is N#CCc1c[nH]c2ccc(F)c(Cl)c12. The molecule has 0 radical (unpaired) electrons. The molecule has 1 N–H and O–H groups in total. The summed E-state index contributed by atoms with van der Waals surface area (Å²) >= 11 is 5.80. The molecule has 1 heterocycles. The van der Waals surface area contributed by atoms with Crippen LogP contribution in [0.2, 0.25) is 5.02 Å². The van der Waals surface area contributed by atoms with Crippen LogP contribution >= 0.6 is 11.6 Å². The zero-order valence-corrected chi connectivity index (χ0v) is 7.90. The molecule has 0 atom stereocenters. The van der Waals surface area contributed by atoms with E-state index in [9.17, 15) is 4.39 Å². The van der Waals surface area contributed by atoms with Gasteiger partial charge in [0.25, 0.3) is 0 Å². The predicted molar refractivity (Wildman–Crippen MR) is 52.6 cm³/mol. The third kappa shape index (κ3) is 1.24. The van der Waals surface area contributed by atoms with Crippen molar-refractivity contribution in [2.45, 2.75) is 6.42 Å². The summed E-state index contributed by atoms with van der Waals surface area (Å²) in [7, 11) is 0. The Morgan fingerprint density at radius 2 is 2.29 bits per heavy atom.